The van der Waals surface area contributed by atoms with E-state index in [1.807, 2.05) is 13.8 Å². The van der Waals surface area contributed by atoms with Gasteiger partial charge in [-0.1, -0.05) is 12.1 Å². The summed E-state index contributed by atoms with van der Waals surface area (Å²) >= 11 is 0. The molecule has 0 spiro atoms. The summed E-state index contributed by atoms with van der Waals surface area (Å²) in [5.41, 5.74) is 1.36. The Kier molecular flexibility index (Phi) is 7.20. The number of anilines is 1. The van der Waals surface area contributed by atoms with E-state index in [1.165, 1.54) is 12.1 Å². The van der Waals surface area contributed by atoms with Crippen LogP contribution in [0.2, 0.25) is 0 Å². The van der Waals surface area contributed by atoms with Crippen LogP contribution in [0, 0.1) is 0 Å². The van der Waals surface area contributed by atoms with Crippen molar-refractivity contribution in [3.8, 4) is 5.75 Å². The Morgan fingerprint density at radius 3 is 2.11 bits per heavy atom. The zero-order valence-electron chi connectivity index (χ0n) is 15.7. The minimum Gasteiger partial charge on any atom is -0.497 e. The molecule has 8 heteroatoms. The fraction of sp³-hybridized carbons (Fsp3) is 0.316. The van der Waals surface area contributed by atoms with Gasteiger partial charge in [-0.15, -0.1) is 0 Å². The second kappa shape index (κ2) is 9.38. The van der Waals surface area contributed by atoms with E-state index < -0.39 is 10.0 Å². The molecule has 0 unspecified atom stereocenters. The topological polar surface area (TPSA) is 87.7 Å². The van der Waals surface area contributed by atoms with Crippen molar-refractivity contribution in [2.75, 3.05) is 25.5 Å². The predicted octanol–water partition coefficient (Wildman–Crippen LogP) is 3.05. The standard InChI is InChI=1S/C19H25N3O4S/c1-4-22(5-2)19(23)21-16-8-12-18(13-9-16)27(24,25)20-14-15-6-10-17(26-3)11-7-15/h6-13,20H,4-5,14H2,1-3H3,(H,21,23). The van der Waals surface area contributed by atoms with Crippen molar-refractivity contribution in [2.24, 2.45) is 0 Å². The second-order valence-corrected chi connectivity index (χ2v) is 7.57. The highest BCUT2D eigenvalue weighted by molar-refractivity contribution is 7.89. The molecule has 0 saturated heterocycles. The van der Waals surface area contributed by atoms with Gasteiger partial charge in [-0.3, -0.25) is 0 Å². The maximum Gasteiger partial charge on any atom is 0.321 e. The first-order valence-corrected chi connectivity index (χ1v) is 10.2. The molecular weight excluding hydrogens is 366 g/mol. The summed E-state index contributed by atoms with van der Waals surface area (Å²) < 4.78 is 32.5. The van der Waals surface area contributed by atoms with E-state index in [-0.39, 0.29) is 17.5 Å². The molecule has 2 aromatic rings. The van der Waals surface area contributed by atoms with Gasteiger partial charge in [0.25, 0.3) is 0 Å². The number of benzene rings is 2. The molecular formula is C19H25N3O4S. The maximum absolute atomic E-state index is 12.4. The lowest BCUT2D eigenvalue weighted by molar-refractivity contribution is 0.217. The van der Waals surface area contributed by atoms with Crippen LogP contribution in [0.4, 0.5) is 10.5 Å². The lowest BCUT2D eigenvalue weighted by Crippen LogP contribution is -2.34. The van der Waals surface area contributed by atoms with Crippen LogP contribution in [0.25, 0.3) is 0 Å². The molecule has 0 fully saturated rings. The van der Waals surface area contributed by atoms with E-state index in [4.69, 9.17) is 4.74 Å². The number of rotatable bonds is 8. The second-order valence-electron chi connectivity index (χ2n) is 5.80. The summed E-state index contributed by atoms with van der Waals surface area (Å²) in [6.45, 7) is 5.17. The minimum absolute atomic E-state index is 0.136. The predicted molar refractivity (Wildman–Crippen MR) is 105 cm³/mol. The molecule has 2 rings (SSSR count). The summed E-state index contributed by atoms with van der Waals surface area (Å²) in [7, 11) is -2.07. The van der Waals surface area contributed by atoms with Crippen LogP contribution in [0.5, 0.6) is 5.75 Å². The van der Waals surface area contributed by atoms with Gasteiger partial charge in [0.15, 0.2) is 0 Å². The molecule has 2 amide bonds. The highest BCUT2D eigenvalue weighted by Gasteiger charge is 2.15. The highest BCUT2D eigenvalue weighted by atomic mass is 32.2. The Bertz CT molecular complexity index is 846. The SMILES string of the molecule is CCN(CC)C(=O)Nc1ccc(S(=O)(=O)NCc2ccc(OC)cc2)cc1. The summed E-state index contributed by atoms with van der Waals surface area (Å²) in [6, 6.07) is 13.0. The molecule has 0 heterocycles. The van der Waals surface area contributed by atoms with Gasteiger partial charge < -0.3 is 15.0 Å². The molecule has 7 nitrogen and oxygen atoms in total. The van der Waals surface area contributed by atoms with Gasteiger partial charge in [-0.2, -0.15) is 0 Å². The number of amides is 2. The number of methoxy groups -OCH3 is 1. The Morgan fingerprint density at radius 1 is 1.00 bits per heavy atom. The van der Waals surface area contributed by atoms with Crippen LogP contribution in [0.1, 0.15) is 19.4 Å². The number of nitrogens with one attached hydrogen (secondary N) is 2. The average molecular weight is 391 g/mol. The van der Waals surface area contributed by atoms with E-state index >= 15 is 0 Å². The number of hydrogen-bond donors (Lipinski definition) is 2. The zero-order valence-corrected chi connectivity index (χ0v) is 16.5. The number of ether oxygens (including phenoxy) is 1. The van der Waals surface area contributed by atoms with E-state index in [9.17, 15) is 13.2 Å². The highest BCUT2D eigenvalue weighted by Crippen LogP contribution is 2.16. The van der Waals surface area contributed by atoms with Crippen molar-refractivity contribution in [1.29, 1.82) is 0 Å². The molecule has 27 heavy (non-hydrogen) atoms. The first kappa shape index (κ1) is 20.7. The van der Waals surface area contributed by atoms with Crippen LogP contribution in [-0.2, 0) is 16.6 Å². The molecule has 0 saturated carbocycles. The van der Waals surface area contributed by atoms with Gasteiger partial charge in [0, 0.05) is 25.3 Å². The average Bonchev–Trinajstić information content (AvgIpc) is 2.68. The molecule has 0 aliphatic rings. The summed E-state index contributed by atoms with van der Waals surface area (Å²) in [6.07, 6.45) is 0. The number of urea groups is 1. The quantitative estimate of drug-likeness (QED) is 0.724. The van der Waals surface area contributed by atoms with Gasteiger partial charge in [0.1, 0.15) is 5.75 Å². The minimum atomic E-state index is -3.65. The van der Waals surface area contributed by atoms with Crippen LogP contribution in [0.15, 0.2) is 53.4 Å². The van der Waals surface area contributed by atoms with Crippen molar-refractivity contribution >= 4 is 21.7 Å². The number of sulfonamides is 1. The first-order chi connectivity index (χ1) is 12.9. The molecule has 146 valence electrons. The third-order valence-corrected chi connectivity index (χ3v) is 5.51. The normalized spacial score (nSPS) is 11.1. The summed E-state index contributed by atoms with van der Waals surface area (Å²) in [5.74, 6) is 0.712. The van der Waals surface area contributed by atoms with E-state index in [0.29, 0.717) is 24.5 Å². The molecule has 0 aromatic heterocycles. The van der Waals surface area contributed by atoms with Gasteiger partial charge in [-0.25, -0.2) is 17.9 Å². The van der Waals surface area contributed by atoms with Crippen molar-refractivity contribution < 1.29 is 17.9 Å². The fourth-order valence-corrected chi connectivity index (χ4v) is 3.45. The smallest absolute Gasteiger partial charge is 0.321 e. The first-order valence-electron chi connectivity index (χ1n) is 8.68. The van der Waals surface area contributed by atoms with Gasteiger partial charge in [0.2, 0.25) is 10.0 Å². The fourth-order valence-electron chi connectivity index (χ4n) is 2.44. The van der Waals surface area contributed by atoms with Crippen molar-refractivity contribution in [1.82, 2.24) is 9.62 Å². The summed E-state index contributed by atoms with van der Waals surface area (Å²) in [4.78, 5) is 13.8. The maximum atomic E-state index is 12.4. The zero-order chi connectivity index (χ0) is 19.9. The molecule has 0 bridgehead atoms. The van der Waals surface area contributed by atoms with E-state index in [1.54, 1.807) is 48.4 Å². The molecule has 0 atom stereocenters. The van der Waals surface area contributed by atoms with Gasteiger partial charge in [0.05, 0.1) is 12.0 Å². The van der Waals surface area contributed by atoms with Crippen molar-refractivity contribution in [3.05, 3.63) is 54.1 Å². The van der Waals surface area contributed by atoms with Gasteiger partial charge >= 0.3 is 6.03 Å². The summed E-state index contributed by atoms with van der Waals surface area (Å²) in [5, 5.41) is 2.75. The number of carbonyl (C=O) groups is 1. The lowest BCUT2D eigenvalue weighted by atomic mass is 10.2. The molecule has 2 aromatic carbocycles. The third kappa shape index (κ3) is 5.70. The molecule has 0 radical (unpaired) electrons. The van der Waals surface area contributed by atoms with Crippen molar-refractivity contribution in [2.45, 2.75) is 25.3 Å². The van der Waals surface area contributed by atoms with Gasteiger partial charge in [-0.05, 0) is 55.8 Å². The Balaban J connectivity index is 2.00. The van der Waals surface area contributed by atoms with Crippen LogP contribution >= 0.6 is 0 Å². The van der Waals surface area contributed by atoms with E-state index in [2.05, 4.69) is 10.0 Å². The number of carbonyl (C=O) groups excluding carboxylic acids is 1. The molecule has 0 aliphatic carbocycles. The lowest BCUT2D eigenvalue weighted by Gasteiger charge is -2.19. The monoisotopic (exact) mass is 391 g/mol. The van der Waals surface area contributed by atoms with E-state index in [0.717, 1.165) is 5.56 Å². The Morgan fingerprint density at radius 2 is 1.59 bits per heavy atom. The Hall–Kier alpha value is -2.58. The molecule has 2 N–H and O–H groups in total. The van der Waals surface area contributed by atoms with Crippen LogP contribution < -0.4 is 14.8 Å². The number of hydrogen-bond acceptors (Lipinski definition) is 4. The van der Waals surface area contributed by atoms with Crippen LogP contribution in [0.3, 0.4) is 0 Å². The molecule has 0 aliphatic heterocycles. The largest absolute Gasteiger partial charge is 0.497 e. The number of nitrogens with zero attached hydrogens (tertiary/aromatic N) is 1. The Labute approximate surface area is 160 Å². The third-order valence-electron chi connectivity index (χ3n) is 4.09. The van der Waals surface area contributed by atoms with Crippen molar-refractivity contribution in [3.63, 3.8) is 0 Å². The van der Waals surface area contributed by atoms with Crippen LogP contribution in [-0.4, -0.2) is 39.5 Å².